The monoisotopic (exact) mass is 262 g/mol. The lowest BCUT2D eigenvalue weighted by molar-refractivity contribution is 0.0945. The Hall–Kier alpha value is -1.55. The SMILES string of the molecule is CCOCCCNC(=O)c1cccc2c1NCCC2. The van der Waals surface area contributed by atoms with E-state index in [1.165, 1.54) is 5.56 Å². The minimum atomic E-state index is 0.00254. The first-order valence-electron chi connectivity index (χ1n) is 7.04. The lowest BCUT2D eigenvalue weighted by atomic mass is 9.99. The molecule has 1 aliphatic heterocycles. The van der Waals surface area contributed by atoms with Gasteiger partial charge in [0.1, 0.15) is 0 Å². The first-order chi connectivity index (χ1) is 9.33. The molecule has 2 rings (SSSR count). The number of hydrogen-bond acceptors (Lipinski definition) is 3. The van der Waals surface area contributed by atoms with Crippen LogP contribution in [0, 0.1) is 0 Å². The van der Waals surface area contributed by atoms with Gasteiger partial charge in [-0.3, -0.25) is 4.79 Å². The Balaban J connectivity index is 1.92. The van der Waals surface area contributed by atoms with Crippen LogP contribution in [-0.4, -0.2) is 32.2 Å². The summed E-state index contributed by atoms with van der Waals surface area (Å²) in [6.07, 6.45) is 3.03. The zero-order chi connectivity index (χ0) is 13.5. The third kappa shape index (κ3) is 3.70. The largest absolute Gasteiger partial charge is 0.384 e. The number of nitrogens with one attached hydrogen (secondary N) is 2. The van der Waals surface area contributed by atoms with Crippen LogP contribution >= 0.6 is 0 Å². The number of ether oxygens (including phenoxy) is 1. The number of carbonyl (C=O) groups is 1. The van der Waals surface area contributed by atoms with Crippen LogP contribution in [0.1, 0.15) is 35.7 Å². The third-order valence-electron chi connectivity index (χ3n) is 3.28. The highest BCUT2D eigenvalue weighted by molar-refractivity contribution is 6.00. The first-order valence-corrected chi connectivity index (χ1v) is 7.04. The minimum Gasteiger partial charge on any atom is -0.384 e. The Labute approximate surface area is 114 Å². The molecule has 0 fully saturated rings. The standard InChI is InChI=1S/C15H22N2O2/c1-2-19-11-5-10-17-15(18)13-8-3-6-12-7-4-9-16-14(12)13/h3,6,8,16H,2,4-5,7,9-11H2,1H3,(H,17,18). The Morgan fingerprint density at radius 1 is 1.47 bits per heavy atom. The molecule has 0 aliphatic carbocycles. The summed E-state index contributed by atoms with van der Waals surface area (Å²) in [5.41, 5.74) is 3.01. The van der Waals surface area contributed by atoms with Crippen molar-refractivity contribution in [3.05, 3.63) is 29.3 Å². The Morgan fingerprint density at radius 3 is 3.21 bits per heavy atom. The lowest BCUT2D eigenvalue weighted by Gasteiger charge is -2.20. The summed E-state index contributed by atoms with van der Waals surface area (Å²) in [6.45, 7) is 5.00. The molecule has 0 spiro atoms. The van der Waals surface area contributed by atoms with Gasteiger partial charge in [0.2, 0.25) is 0 Å². The average Bonchev–Trinajstić information content (AvgIpc) is 2.46. The molecule has 0 unspecified atom stereocenters. The molecule has 0 atom stereocenters. The van der Waals surface area contributed by atoms with Crippen molar-refractivity contribution in [1.29, 1.82) is 0 Å². The van der Waals surface area contributed by atoms with Gasteiger partial charge in [0.25, 0.3) is 5.91 Å². The number of carbonyl (C=O) groups excluding carboxylic acids is 1. The van der Waals surface area contributed by atoms with Gasteiger partial charge in [-0.05, 0) is 37.8 Å². The minimum absolute atomic E-state index is 0.00254. The number of hydrogen-bond donors (Lipinski definition) is 2. The van der Waals surface area contributed by atoms with Gasteiger partial charge in [0.15, 0.2) is 0 Å². The van der Waals surface area contributed by atoms with Crippen molar-refractivity contribution in [3.63, 3.8) is 0 Å². The zero-order valence-electron chi connectivity index (χ0n) is 11.5. The second-order valence-corrected chi connectivity index (χ2v) is 4.68. The van der Waals surface area contributed by atoms with Gasteiger partial charge >= 0.3 is 0 Å². The normalized spacial score (nSPS) is 13.5. The van der Waals surface area contributed by atoms with E-state index in [0.29, 0.717) is 13.2 Å². The van der Waals surface area contributed by atoms with Gasteiger partial charge in [0, 0.05) is 26.3 Å². The van der Waals surface area contributed by atoms with E-state index in [2.05, 4.69) is 16.7 Å². The van der Waals surface area contributed by atoms with E-state index in [-0.39, 0.29) is 5.91 Å². The molecule has 104 valence electrons. The van der Waals surface area contributed by atoms with Crippen molar-refractivity contribution < 1.29 is 9.53 Å². The fraction of sp³-hybridized carbons (Fsp3) is 0.533. The molecule has 1 aromatic rings. The number of rotatable bonds is 6. The number of amides is 1. The second-order valence-electron chi connectivity index (χ2n) is 4.68. The quantitative estimate of drug-likeness (QED) is 0.773. The number of fused-ring (bicyclic) bond motifs is 1. The van der Waals surface area contributed by atoms with Gasteiger partial charge in [-0.1, -0.05) is 12.1 Å². The van der Waals surface area contributed by atoms with Crippen molar-refractivity contribution in [3.8, 4) is 0 Å². The number of aryl methyl sites for hydroxylation is 1. The molecule has 1 aliphatic rings. The topological polar surface area (TPSA) is 50.4 Å². The number of benzene rings is 1. The van der Waals surface area contributed by atoms with Crippen LogP contribution in [-0.2, 0) is 11.2 Å². The smallest absolute Gasteiger partial charge is 0.253 e. The van der Waals surface area contributed by atoms with E-state index in [1.54, 1.807) is 0 Å². The fourth-order valence-corrected chi connectivity index (χ4v) is 2.31. The van der Waals surface area contributed by atoms with Crippen LogP contribution in [0.4, 0.5) is 5.69 Å². The van der Waals surface area contributed by atoms with Crippen molar-refractivity contribution in [2.75, 3.05) is 31.6 Å². The van der Waals surface area contributed by atoms with Crippen LogP contribution in [0.2, 0.25) is 0 Å². The molecule has 2 N–H and O–H groups in total. The van der Waals surface area contributed by atoms with Crippen molar-refractivity contribution in [1.82, 2.24) is 5.32 Å². The maximum absolute atomic E-state index is 12.2. The molecule has 4 nitrogen and oxygen atoms in total. The summed E-state index contributed by atoms with van der Waals surface area (Å²) in [5.74, 6) is 0.00254. The molecular formula is C15H22N2O2. The maximum atomic E-state index is 12.2. The van der Waals surface area contributed by atoms with E-state index in [9.17, 15) is 4.79 Å². The predicted molar refractivity (Wildman–Crippen MR) is 76.7 cm³/mol. The van der Waals surface area contributed by atoms with Gasteiger partial charge in [-0.25, -0.2) is 0 Å². The molecular weight excluding hydrogens is 240 g/mol. The molecule has 0 aromatic heterocycles. The summed E-state index contributed by atoms with van der Waals surface area (Å²) in [5, 5.41) is 6.29. The molecule has 0 saturated carbocycles. The van der Waals surface area contributed by atoms with Crippen molar-refractivity contribution in [2.24, 2.45) is 0 Å². The first kappa shape index (κ1) is 13.9. The van der Waals surface area contributed by atoms with E-state index >= 15 is 0 Å². The van der Waals surface area contributed by atoms with E-state index in [0.717, 1.165) is 43.7 Å². The summed E-state index contributed by atoms with van der Waals surface area (Å²) >= 11 is 0. The molecule has 0 radical (unpaired) electrons. The summed E-state index contributed by atoms with van der Waals surface area (Å²) in [4.78, 5) is 12.2. The van der Waals surface area contributed by atoms with Gasteiger partial charge in [-0.15, -0.1) is 0 Å². The van der Waals surface area contributed by atoms with E-state index in [1.807, 2.05) is 19.1 Å². The molecule has 1 aromatic carbocycles. The summed E-state index contributed by atoms with van der Waals surface area (Å²) in [6, 6.07) is 5.93. The third-order valence-corrected chi connectivity index (χ3v) is 3.28. The number of anilines is 1. The molecule has 0 bridgehead atoms. The van der Waals surface area contributed by atoms with Crippen LogP contribution in [0.5, 0.6) is 0 Å². The van der Waals surface area contributed by atoms with Gasteiger partial charge < -0.3 is 15.4 Å². The molecule has 19 heavy (non-hydrogen) atoms. The van der Waals surface area contributed by atoms with Crippen LogP contribution in [0.15, 0.2) is 18.2 Å². The summed E-state index contributed by atoms with van der Waals surface area (Å²) in [7, 11) is 0. The average molecular weight is 262 g/mol. The fourth-order valence-electron chi connectivity index (χ4n) is 2.31. The highest BCUT2D eigenvalue weighted by Gasteiger charge is 2.16. The van der Waals surface area contributed by atoms with Gasteiger partial charge in [0.05, 0.1) is 11.3 Å². The van der Waals surface area contributed by atoms with Crippen LogP contribution in [0.3, 0.4) is 0 Å². The number of para-hydroxylation sites is 1. The molecule has 0 saturated heterocycles. The Bertz CT molecular complexity index is 432. The van der Waals surface area contributed by atoms with Crippen LogP contribution in [0.25, 0.3) is 0 Å². The predicted octanol–water partition coefficient (Wildman–Crippen LogP) is 2.20. The zero-order valence-corrected chi connectivity index (χ0v) is 11.5. The lowest BCUT2D eigenvalue weighted by Crippen LogP contribution is -2.27. The van der Waals surface area contributed by atoms with Crippen molar-refractivity contribution in [2.45, 2.75) is 26.2 Å². The molecule has 1 heterocycles. The highest BCUT2D eigenvalue weighted by Crippen LogP contribution is 2.25. The maximum Gasteiger partial charge on any atom is 0.253 e. The second kappa shape index (κ2) is 7.14. The van der Waals surface area contributed by atoms with E-state index in [4.69, 9.17) is 4.74 Å². The summed E-state index contributed by atoms with van der Waals surface area (Å²) < 4.78 is 5.25. The molecule has 4 heteroatoms. The Kier molecular flexibility index (Phi) is 5.21. The Morgan fingerprint density at radius 2 is 2.37 bits per heavy atom. The van der Waals surface area contributed by atoms with Gasteiger partial charge in [-0.2, -0.15) is 0 Å². The van der Waals surface area contributed by atoms with Crippen molar-refractivity contribution >= 4 is 11.6 Å². The highest BCUT2D eigenvalue weighted by atomic mass is 16.5. The molecule has 1 amide bonds. The van der Waals surface area contributed by atoms with E-state index < -0.39 is 0 Å². The van der Waals surface area contributed by atoms with Crippen LogP contribution < -0.4 is 10.6 Å².